The SMILES string of the molecule is CS(=O)(=O)N[C@H](c1ccccc1)[C@H](N)c1ccccc1.Cc1ccc(C(C)C)cc1.[Ru]. The van der Waals surface area contributed by atoms with Gasteiger partial charge in [-0.05, 0) is 29.5 Å². The molecule has 31 heavy (non-hydrogen) atoms. The number of nitrogens with two attached hydrogens (primary N) is 1. The predicted molar refractivity (Wildman–Crippen MR) is 126 cm³/mol. The molecule has 0 bridgehead atoms. The standard InChI is InChI=1S/C15H18N2O2S.C10H14.Ru/c1-20(18,19)17-15(13-10-6-3-7-11-13)14(16)12-8-4-2-5-9-12;1-8(2)10-6-4-9(3)5-7-10;/h2-11,14-15,17H,16H2,1H3;4-8H,1-3H3;/t14-,15-;;/m1../s1. The van der Waals surface area contributed by atoms with E-state index >= 15 is 0 Å². The molecule has 3 aromatic rings. The van der Waals surface area contributed by atoms with E-state index in [2.05, 4.69) is 49.8 Å². The van der Waals surface area contributed by atoms with E-state index in [0.717, 1.165) is 17.4 Å². The maximum atomic E-state index is 11.6. The average molecular weight is 526 g/mol. The van der Waals surface area contributed by atoms with E-state index in [1.54, 1.807) is 0 Å². The number of aryl methyl sites for hydroxylation is 1. The number of sulfonamides is 1. The Morgan fingerprint density at radius 2 is 1.19 bits per heavy atom. The normalized spacial score (nSPS) is 12.8. The van der Waals surface area contributed by atoms with E-state index in [1.807, 2.05) is 60.7 Å². The molecule has 0 aromatic heterocycles. The molecule has 4 nitrogen and oxygen atoms in total. The van der Waals surface area contributed by atoms with Crippen LogP contribution in [0.3, 0.4) is 0 Å². The number of rotatable bonds is 6. The van der Waals surface area contributed by atoms with Crippen LogP contribution < -0.4 is 10.5 Å². The maximum absolute atomic E-state index is 11.6. The van der Waals surface area contributed by atoms with Gasteiger partial charge < -0.3 is 5.73 Å². The zero-order chi connectivity index (χ0) is 22.1. The van der Waals surface area contributed by atoms with E-state index < -0.39 is 22.1 Å². The Morgan fingerprint density at radius 1 is 0.742 bits per heavy atom. The summed E-state index contributed by atoms with van der Waals surface area (Å²) in [6.07, 6.45) is 1.14. The number of nitrogens with one attached hydrogen (secondary N) is 1. The van der Waals surface area contributed by atoms with Crippen molar-refractivity contribution in [2.75, 3.05) is 6.26 Å². The van der Waals surface area contributed by atoms with Crippen LogP contribution >= 0.6 is 0 Å². The molecule has 6 heteroatoms. The fourth-order valence-electron chi connectivity index (χ4n) is 3.06. The second-order valence-corrected chi connectivity index (χ2v) is 9.56. The van der Waals surface area contributed by atoms with E-state index in [1.165, 1.54) is 11.1 Å². The van der Waals surface area contributed by atoms with Crippen molar-refractivity contribution >= 4 is 10.0 Å². The molecule has 0 heterocycles. The van der Waals surface area contributed by atoms with Crippen molar-refractivity contribution in [1.82, 2.24) is 4.72 Å². The molecule has 3 N–H and O–H groups in total. The Bertz CT molecular complexity index is 993. The number of hydrogen-bond acceptors (Lipinski definition) is 3. The third kappa shape index (κ3) is 9.45. The van der Waals surface area contributed by atoms with Gasteiger partial charge in [0.25, 0.3) is 0 Å². The Labute approximate surface area is 200 Å². The molecule has 0 fully saturated rings. The summed E-state index contributed by atoms with van der Waals surface area (Å²) in [6.45, 7) is 6.54. The van der Waals surface area contributed by atoms with Crippen molar-refractivity contribution in [2.24, 2.45) is 5.73 Å². The van der Waals surface area contributed by atoms with Gasteiger partial charge in [0.1, 0.15) is 0 Å². The summed E-state index contributed by atoms with van der Waals surface area (Å²) in [5.41, 5.74) is 10.7. The van der Waals surface area contributed by atoms with Gasteiger partial charge in [-0.2, -0.15) is 0 Å². The van der Waals surface area contributed by atoms with Gasteiger partial charge in [-0.3, -0.25) is 0 Å². The second kappa shape index (κ2) is 12.9. The minimum atomic E-state index is -3.35. The molecule has 0 saturated carbocycles. The van der Waals surface area contributed by atoms with Crippen molar-refractivity contribution < 1.29 is 27.9 Å². The first-order valence-corrected chi connectivity index (χ1v) is 12.0. The largest absolute Gasteiger partial charge is 0.322 e. The Hall–Kier alpha value is -1.85. The molecule has 3 aromatic carbocycles. The van der Waals surface area contributed by atoms with E-state index in [0.29, 0.717) is 5.92 Å². The zero-order valence-electron chi connectivity index (χ0n) is 18.5. The van der Waals surface area contributed by atoms with Crippen LogP contribution in [-0.2, 0) is 29.5 Å². The quantitative estimate of drug-likeness (QED) is 0.440. The van der Waals surface area contributed by atoms with Crippen LogP contribution in [0.1, 0.15) is 54.1 Å². The number of benzene rings is 3. The molecule has 0 saturated heterocycles. The maximum Gasteiger partial charge on any atom is 0.209 e. The molecule has 168 valence electrons. The minimum absolute atomic E-state index is 0. The topological polar surface area (TPSA) is 72.2 Å². The first-order chi connectivity index (χ1) is 14.2. The van der Waals surface area contributed by atoms with E-state index in [9.17, 15) is 8.42 Å². The van der Waals surface area contributed by atoms with Crippen LogP contribution in [0.25, 0.3) is 0 Å². The van der Waals surface area contributed by atoms with Crippen molar-refractivity contribution in [3.05, 3.63) is 107 Å². The number of hydrogen-bond donors (Lipinski definition) is 2. The summed E-state index contributed by atoms with van der Waals surface area (Å²) in [4.78, 5) is 0. The summed E-state index contributed by atoms with van der Waals surface area (Å²) in [5.74, 6) is 0.653. The van der Waals surface area contributed by atoms with Crippen molar-refractivity contribution in [2.45, 2.75) is 38.8 Å². The summed E-state index contributed by atoms with van der Waals surface area (Å²) in [6, 6.07) is 26.6. The molecular formula is C25H32N2O2RuS. The molecule has 0 aliphatic rings. The molecule has 0 aliphatic carbocycles. The van der Waals surface area contributed by atoms with Gasteiger partial charge in [-0.25, -0.2) is 13.1 Å². The van der Waals surface area contributed by atoms with Gasteiger partial charge in [0.05, 0.1) is 18.3 Å². The molecule has 3 rings (SSSR count). The van der Waals surface area contributed by atoms with Gasteiger partial charge >= 0.3 is 0 Å². The molecule has 0 amide bonds. The van der Waals surface area contributed by atoms with Crippen molar-refractivity contribution in [1.29, 1.82) is 0 Å². The van der Waals surface area contributed by atoms with Crippen LogP contribution in [0.15, 0.2) is 84.9 Å². The Kier molecular flexibility index (Phi) is 11.3. The Balaban J connectivity index is 0.000000370. The smallest absolute Gasteiger partial charge is 0.209 e. The summed E-state index contributed by atoms with van der Waals surface area (Å²) in [7, 11) is -3.35. The molecule has 0 radical (unpaired) electrons. The van der Waals surface area contributed by atoms with Crippen molar-refractivity contribution in [3.8, 4) is 0 Å². The van der Waals surface area contributed by atoms with Gasteiger partial charge in [0.2, 0.25) is 10.0 Å². The van der Waals surface area contributed by atoms with Crippen LogP contribution in [0.2, 0.25) is 0 Å². The molecule has 2 atom stereocenters. The third-order valence-corrected chi connectivity index (χ3v) is 5.47. The average Bonchev–Trinajstić information content (AvgIpc) is 2.73. The monoisotopic (exact) mass is 526 g/mol. The van der Waals surface area contributed by atoms with Crippen molar-refractivity contribution in [3.63, 3.8) is 0 Å². The van der Waals surface area contributed by atoms with Gasteiger partial charge in [-0.15, -0.1) is 0 Å². The zero-order valence-corrected chi connectivity index (χ0v) is 21.0. The fourth-order valence-corrected chi connectivity index (χ4v) is 3.80. The van der Waals surface area contributed by atoms with E-state index in [4.69, 9.17) is 5.73 Å². The second-order valence-electron chi connectivity index (χ2n) is 7.78. The molecular weight excluding hydrogens is 493 g/mol. The van der Waals surface area contributed by atoms with Crippen LogP contribution in [-0.4, -0.2) is 14.7 Å². The van der Waals surface area contributed by atoms with Crippen LogP contribution in [0, 0.1) is 6.92 Å². The molecule has 0 aliphatic heterocycles. The third-order valence-electron chi connectivity index (χ3n) is 4.79. The summed E-state index contributed by atoms with van der Waals surface area (Å²) in [5, 5.41) is 0. The van der Waals surface area contributed by atoms with Crippen LogP contribution in [0.5, 0.6) is 0 Å². The van der Waals surface area contributed by atoms with Gasteiger partial charge in [0.15, 0.2) is 0 Å². The first kappa shape index (κ1) is 27.2. The minimum Gasteiger partial charge on any atom is -0.322 e. The van der Waals surface area contributed by atoms with Crippen LogP contribution in [0.4, 0.5) is 0 Å². The van der Waals surface area contributed by atoms with E-state index in [-0.39, 0.29) is 19.5 Å². The molecule has 0 spiro atoms. The predicted octanol–water partition coefficient (Wildman–Crippen LogP) is 5.09. The first-order valence-electron chi connectivity index (χ1n) is 10.1. The summed E-state index contributed by atoms with van der Waals surface area (Å²) >= 11 is 0. The fraction of sp³-hybridized carbons (Fsp3) is 0.280. The Morgan fingerprint density at radius 3 is 1.61 bits per heavy atom. The van der Waals surface area contributed by atoms with Gasteiger partial charge in [0, 0.05) is 19.5 Å². The summed E-state index contributed by atoms with van der Waals surface area (Å²) < 4.78 is 25.8. The van der Waals surface area contributed by atoms with Gasteiger partial charge in [-0.1, -0.05) is 104 Å². The molecule has 0 unspecified atom stereocenters.